The third-order valence-electron chi connectivity index (χ3n) is 8.61. The van der Waals surface area contributed by atoms with Crippen molar-refractivity contribution in [3.8, 4) is 0 Å². The molecule has 5 amide bonds. The van der Waals surface area contributed by atoms with Gasteiger partial charge in [0.2, 0.25) is 23.5 Å². The van der Waals surface area contributed by atoms with Gasteiger partial charge in [-0.2, -0.15) is 0 Å². The van der Waals surface area contributed by atoms with Crippen LogP contribution in [0, 0.1) is 23.2 Å². The van der Waals surface area contributed by atoms with Crippen LogP contribution in [-0.2, 0) is 24.0 Å². The number of hydrogen-bond acceptors (Lipinski definition) is 8. The van der Waals surface area contributed by atoms with E-state index in [-0.39, 0.29) is 47.7 Å². The highest BCUT2D eigenvalue weighted by Gasteiger charge is 2.38. The summed E-state index contributed by atoms with van der Waals surface area (Å²) in [7, 11) is 0. The Hall–Kier alpha value is -3.90. The van der Waals surface area contributed by atoms with Gasteiger partial charge in [-0.05, 0) is 55.3 Å². The summed E-state index contributed by atoms with van der Waals surface area (Å²) in [5.41, 5.74) is -0.560. The smallest absolute Gasteiger partial charge is 0.289 e. The molecule has 2 aliphatic carbocycles. The van der Waals surface area contributed by atoms with Crippen molar-refractivity contribution in [2.45, 2.75) is 117 Å². The van der Waals surface area contributed by atoms with Crippen molar-refractivity contribution in [2.24, 2.45) is 23.2 Å². The van der Waals surface area contributed by atoms with Crippen LogP contribution in [-0.4, -0.2) is 76.0 Å². The van der Waals surface area contributed by atoms with Gasteiger partial charge in [-0.3, -0.25) is 33.8 Å². The summed E-state index contributed by atoms with van der Waals surface area (Å²) in [4.78, 5) is 85.5. The van der Waals surface area contributed by atoms with Crippen molar-refractivity contribution in [1.29, 1.82) is 0 Å². The molecule has 3 rings (SSSR count). The Balaban J connectivity index is 1.57. The van der Waals surface area contributed by atoms with E-state index in [2.05, 4.69) is 36.6 Å². The molecule has 2 fully saturated rings. The minimum Gasteiger partial charge on any atom is -0.354 e. The second-order valence-electron chi connectivity index (χ2n) is 14.0. The zero-order valence-corrected chi connectivity index (χ0v) is 28.0. The molecule has 0 aromatic carbocycles. The van der Waals surface area contributed by atoms with E-state index in [0.29, 0.717) is 19.4 Å². The summed E-state index contributed by atoms with van der Waals surface area (Å²) >= 11 is 0. The maximum atomic E-state index is 13.5. The molecule has 1 aromatic rings. The van der Waals surface area contributed by atoms with Gasteiger partial charge in [0.25, 0.3) is 11.8 Å². The van der Waals surface area contributed by atoms with E-state index < -0.39 is 47.0 Å². The Morgan fingerprint density at radius 3 is 2.20 bits per heavy atom. The van der Waals surface area contributed by atoms with Crippen LogP contribution in [0.4, 0.5) is 0 Å². The first-order valence-corrected chi connectivity index (χ1v) is 16.5. The number of ketones is 1. The van der Waals surface area contributed by atoms with Crippen LogP contribution in [0.1, 0.15) is 103 Å². The molecule has 1 aromatic heterocycles. The van der Waals surface area contributed by atoms with Crippen LogP contribution >= 0.6 is 0 Å². The average Bonchev–Trinajstić information content (AvgIpc) is 3.71. The number of aromatic nitrogens is 2. The minimum atomic E-state index is -0.909. The van der Waals surface area contributed by atoms with E-state index in [0.717, 1.165) is 32.1 Å². The molecule has 0 aliphatic heterocycles. The lowest BCUT2D eigenvalue weighted by Gasteiger charge is -2.33. The summed E-state index contributed by atoms with van der Waals surface area (Å²) in [5.74, 6) is -3.14. The van der Waals surface area contributed by atoms with Crippen molar-refractivity contribution >= 4 is 35.3 Å². The lowest BCUT2D eigenvalue weighted by Crippen LogP contribution is -2.59. The molecule has 5 N–H and O–H groups in total. The molecule has 0 radical (unpaired) electrons. The van der Waals surface area contributed by atoms with E-state index in [9.17, 15) is 28.8 Å². The molecular weight excluding hydrogens is 590 g/mol. The maximum Gasteiger partial charge on any atom is 0.289 e. The molecule has 46 heavy (non-hydrogen) atoms. The molecular formula is C33H51N7O6. The Morgan fingerprint density at radius 1 is 0.913 bits per heavy atom. The number of carbonyl (C=O) groups excluding carboxylic acids is 6. The third kappa shape index (κ3) is 10.9. The van der Waals surface area contributed by atoms with Crippen molar-refractivity contribution in [2.75, 3.05) is 6.54 Å². The molecule has 254 valence electrons. The highest BCUT2D eigenvalue weighted by Crippen LogP contribution is 2.34. The fraction of sp³-hybridized carbons (Fsp3) is 0.697. The Morgan fingerprint density at radius 2 is 1.61 bits per heavy atom. The number of nitrogens with one attached hydrogen (secondary N) is 5. The summed E-state index contributed by atoms with van der Waals surface area (Å²) in [5, 5.41) is 14.0. The predicted molar refractivity (Wildman–Crippen MR) is 171 cm³/mol. The lowest BCUT2D eigenvalue weighted by atomic mass is 9.85. The average molecular weight is 642 g/mol. The summed E-state index contributed by atoms with van der Waals surface area (Å²) in [6, 6.07) is -2.59. The lowest BCUT2D eigenvalue weighted by molar-refractivity contribution is -0.140. The van der Waals surface area contributed by atoms with Crippen LogP contribution in [0.5, 0.6) is 0 Å². The Labute approximate surface area is 271 Å². The quantitative estimate of drug-likeness (QED) is 0.169. The topological polar surface area (TPSA) is 188 Å². The highest BCUT2D eigenvalue weighted by molar-refractivity contribution is 6.38. The fourth-order valence-electron chi connectivity index (χ4n) is 5.75. The first kappa shape index (κ1) is 36.6. The summed E-state index contributed by atoms with van der Waals surface area (Å²) in [6.07, 6.45) is 9.65. The van der Waals surface area contributed by atoms with Gasteiger partial charge < -0.3 is 26.6 Å². The molecule has 5 atom stereocenters. The normalized spacial score (nSPS) is 19.8. The van der Waals surface area contributed by atoms with Gasteiger partial charge in [-0.1, -0.05) is 54.4 Å². The number of Topliss-reactive ketones (excluding diaryl/α,β-unsaturated/α-hetero) is 1. The van der Waals surface area contributed by atoms with Gasteiger partial charge >= 0.3 is 0 Å². The number of nitrogens with zero attached hydrogens (tertiary/aromatic N) is 2. The van der Waals surface area contributed by atoms with E-state index in [1.165, 1.54) is 18.6 Å². The first-order chi connectivity index (χ1) is 21.7. The fourth-order valence-corrected chi connectivity index (χ4v) is 5.75. The van der Waals surface area contributed by atoms with Gasteiger partial charge in [-0.25, -0.2) is 4.98 Å². The molecule has 2 saturated carbocycles. The van der Waals surface area contributed by atoms with Crippen LogP contribution in [0.25, 0.3) is 0 Å². The summed E-state index contributed by atoms with van der Waals surface area (Å²) in [6.45, 7) is 11.4. The monoisotopic (exact) mass is 641 g/mol. The van der Waals surface area contributed by atoms with Crippen LogP contribution < -0.4 is 26.6 Å². The Kier molecular flexibility index (Phi) is 13.2. The molecule has 1 heterocycles. The standard InChI is InChI=1S/C33H51N7O6/c1-7-9-23(27(42)31(45)37-22-12-13-22)38-25(41)16-20-10-8-11-21(20)17-36-32(46)28(33(4,5)6)40-30(44)26(19(2)3)39-29(43)24-18-34-14-15-35-24/h14-15,18-23,26,28H,7-13,16-17H2,1-6H3,(H,36,46)(H,37,45)(H,38,41)(H,39,43)(H,40,44)/t20-,21+,23?,26-,28-/m1/s1. The molecule has 0 bridgehead atoms. The number of rotatable bonds is 16. The molecule has 2 aliphatic rings. The zero-order valence-electron chi connectivity index (χ0n) is 28.0. The van der Waals surface area contributed by atoms with E-state index in [1.54, 1.807) is 13.8 Å². The van der Waals surface area contributed by atoms with Crippen molar-refractivity contribution in [3.63, 3.8) is 0 Å². The molecule has 13 heteroatoms. The van der Waals surface area contributed by atoms with Gasteiger partial charge in [-0.15, -0.1) is 0 Å². The van der Waals surface area contributed by atoms with Crippen LogP contribution in [0.2, 0.25) is 0 Å². The number of hydrogen-bond donors (Lipinski definition) is 5. The third-order valence-corrected chi connectivity index (χ3v) is 8.61. The highest BCUT2D eigenvalue weighted by atomic mass is 16.2. The number of carbonyl (C=O) groups is 6. The molecule has 0 spiro atoms. The largest absolute Gasteiger partial charge is 0.354 e. The van der Waals surface area contributed by atoms with E-state index in [4.69, 9.17) is 0 Å². The van der Waals surface area contributed by atoms with Crippen molar-refractivity contribution in [3.05, 3.63) is 24.3 Å². The number of amides is 5. The first-order valence-electron chi connectivity index (χ1n) is 16.5. The van der Waals surface area contributed by atoms with Gasteiger partial charge in [0, 0.05) is 31.4 Å². The van der Waals surface area contributed by atoms with Crippen molar-refractivity contribution < 1.29 is 28.8 Å². The zero-order chi connectivity index (χ0) is 34.0. The molecule has 1 unspecified atom stereocenters. The van der Waals surface area contributed by atoms with Gasteiger partial charge in [0.05, 0.1) is 12.2 Å². The molecule has 0 saturated heterocycles. The minimum absolute atomic E-state index is 0.00210. The van der Waals surface area contributed by atoms with Crippen LogP contribution in [0.3, 0.4) is 0 Å². The summed E-state index contributed by atoms with van der Waals surface area (Å²) < 4.78 is 0. The van der Waals surface area contributed by atoms with Crippen LogP contribution in [0.15, 0.2) is 18.6 Å². The maximum absolute atomic E-state index is 13.5. The van der Waals surface area contributed by atoms with Gasteiger partial charge in [0.15, 0.2) is 0 Å². The van der Waals surface area contributed by atoms with Gasteiger partial charge in [0.1, 0.15) is 17.8 Å². The molecule has 13 nitrogen and oxygen atoms in total. The second kappa shape index (κ2) is 16.6. The SMILES string of the molecule is CCCC(NC(=O)C[C@H]1CCC[C@H]1CNC(=O)[C@@H](NC(=O)[C@H](NC(=O)c1cnccn1)C(C)C)C(C)(C)C)C(=O)C(=O)NC1CC1. The van der Waals surface area contributed by atoms with Crippen molar-refractivity contribution in [1.82, 2.24) is 36.6 Å². The Bertz CT molecular complexity index is 1240. The second-order valence-corrected chi connectivity index (χ2v) is 14.0. The van der Waals surface area contributed by atoms with E-state index >= 15 is 0 Å². The predicted octanol–water partition coefficient (Wildman–Crippen LogP) is 1.82. The van der Waals surface area contributed by atoms with E-state index in [1.807, 2.05) is 27.7 Å².